The van der Waals surface area contributed by atoms with Crippen molar-refractivity contribution in [3.63, 3.8) is 0 Å². The van der Waals surface area contributed by atoms with Gasteiger partial charge in [0.25, 0.3) is 0 Å². The van der Waals surface area contributed by atoms with Crippen LogP contribution in [0.2, 0.25) is 0 Å². The van der Waals surface area contributed by atoms with Gasteiger partial charge in [0.2, 0.25) is 0 Å². The molecule has 0 saturated carbocycles. The maximum atomic E-state index is 4.32. The van der Waals surface area contributed by atoms with Crippen LogP contribution < -0.4 is 0 Å². The van der Waals surface area contributed by atoms with E-state index in [9.17, 15) is 0 Å². The van der Waals surface area contributed by atoms with Gasteiger partial charge in [-0.2, -0.15) is 5.10 Å². The summed E-state index contributed by atoms with van der Waals surface area (Å²) in [6.07, 6.45) is 1.96. The van der Waals surface area contributed by atoms with E-state index in [0.717, 1.165) is 10.7 Å². The summed E-state index contributed by atoms with van der Waals surface area (Å²) < 4.78 is 1.90. The molecule has 1 atom stereocenters. The predicted octanol–water partition coefficient (Wildman–Crippen LogP) is 1.65. The molecule has 0 aliphatic heterocycles. The van der Waals surface area contributed by atoms with Crippen molar-refractivity contribution in [2.45, 2.75) is 19.9 Å². The quantitative estimate of drug-likeness (QED) is 0.730. The Kier molecular flexibility index (Phi) is 2.10. The Morgan fingerprint density at radius 2 is 2.38 bits per heavy atom. The molecule has 2 rings (SSSR count). The van der Waals surface area contributed by atoms with Crippen LogP contribution in [-0.2, 0) is 0 Å². The molecule has 2 aromatic rings. The molecule has 4 nitrogen and oxygen atoms in total. The van der Waals surface area contributed by atoms with Crippen LogP contribution in [0.4, 0.5) is 0 Å². The molecule has 0 N–H and O–H groups in total. The Hall–Kier alpha value is -1.23. The number of aromatic nitrogens is 4. The number of hydrogen-bond donors (Lipinski definition) is 0. The van der Waals surface area contributed by atoms with Crippen molar-refractivity contribution in [1.82, 2.24) is 20.0 Å². The van der Waals surface area contributed by atoms with Crippen molar-refractivity contribution in [2.75, 3.05) is 0 Å². The molecule has 1 unspecified atom stereocenters. The van der Waals surface area contributed by atoms with Gasteiger partial charge in [-0.25, -0.2) is 0 Å². The average Bonchev–Trinajstić information content (AvgIpc) is 2.72. The van der Waals surface area contributed by atoms with E-state index >= 15 is 0 Å². The zero-order valence-corrected chi connectivity index (χ0v) is 8.32. The first-order valence-corrected chi connectivity index (χ1v) is 4.93. The van der Waals surface area contributed by atoms with Crippen molar-refractivity contribution in [1.29, 1.82) is 0 Å². The van der Waals surface area contributed by atoms with Gasteiger partial charge in [0.1, 0.15) is 16.6 Å². The molecule has 0 fully saturated rings. The second-order valence-corrected chi connectivity index (χ2v) is 3.75. The first-order chi connectivity index (χ1) is 6.27. The average molecular weight is 194 g/mol. The fourth-order valence-corrected chi connectivity index (χ4v) is 1.73. The van der Waals surface area contributed by atoms with Gasteiger partial charge in [0, 0.05) is 6.20 Å². The Labute approximate surface area is 80.2 Å². The zero-order valence-electron chi connectivity index (χ0n) is 7.51. The summed E-state index contributed by atoms with van der Waals surface area (Å²) in [4.78, 5) is 0. The van der Waals surface area contributed by atoms with Gasteiger partial charge in [-0.15, -0.1) is 21.5 Å². The molecule has 2 heterocycles. The van der Waals surface area contributed by atoms with Crippen LogP contribution in [0.5, 0.6) is 0 Å². The molecule has 13 heavy (non-hydrogen) atoms. The minimum Gasteiger partial charge on any atom is -0.263 e. The van der Waals surface area contributed by atoms with Crippen LogP contribution in [0.15, 0.2) is 17.8 Å². The molecule has 0 aromatic carbocycles. The molecule has 2 aromatic heterocycles. The highest BCUT2D eigenvalue weighted by Crippen LogP contribution is 2.17. The Morgan fingerprint density at radius 3 is 2.92 bits per heavy atom. The van der Waals surface area contributed by atoms with Crippen molar-refractivity contribution >= 4 is 11.3 Å². The Balaban J connectivity index is 2.28. The maximum absolute atomic E-state index is 4.32. The van der Waals surface area contributed by atoms with Crippen LogP contribution in [0.1, 0.15) is 23.7 Å². The lowest BCUT2D eigenvalue weighted by Crippen LogP contribution is -2.07. The van der Waals surface area contributed by atoms with Gasteiger partial charge in [-0.3, -0.25) is 4.68 Å². The number of rotatable bonds is 2. The summed E-state index contributed by atoms with van der Waals surface area (Å²) in [5, 5.41) is 13.1. The predicted molar refractivity (Wildman–Crippen MR) is 50.7 cm³/mol. The smallest absolute Gasteiger partial charge is 0.141 e. The van der Waals surface area contributed by atoms with Gasteiger partial charge in [0.05, 0.1) is 5.69 Å². The normalized spacial score (nSPS) is 13.1. The molecule has 0 saturated heterocycles. The van der Waals surface area contributed by atoms with Crippen molar-refractivity contribution in [2.24, 2.45) is 0 Å². The van der Waals surface area contributed by atoms with Gasteiger partial charge >= 0.3 is 0 Å². The van der Waals surface area contributed by atoms with E-state index in [4.69, 9.17) is 0 Å². The van der Waals surface area contributed by atoms with Gasteiger partial charge in [0.15, 0.2) is 0 Å². The van der Waals surface area contributed by atoms with E-state index in [-0.39, 0.29) is 6.04 Å². The first-order valence-electron chi connectivity index (χ1n) is 4.05. The summed E-state index contributed by atoms with van der Waals surface area (Å²) in [5.41, 5.74) is 2.76. The largest absolute Gasteiger partial charge is 0.263 e. The molecule has 0 aliphatic rings. The maximum Gasteiger partial charge on any atom is 0.141 e. The highest BCUT2D eigenvalue weighted by molar-refractivity contribution is 7.09. The van der Waals surface area contributed by atoms with Crippen LogP contribution >= 0.6 is 11.3 Å². The van der Waals surface area contributed by atoms with Crippen molar-refractivity contribution in [3.05, 3.63) is 28.5 Å². The second-order valence-electron chi connectivity index (χ2n) is 2.89. The Bertz CT molecular complexity index is 379. The van der Waals surface area contributed by atoms with Crippen LogP contribution in [0, 0.1) is 6.92 Å². The summed E-state index contributed by atoms with van der Waals surface area (Å²) >= 11 is 1.55. The molecular weight excluding hydrogens is 184 g/mol. The minimum absolute atomic E-state index is 0.182. The van der Waals surface area contributed by atoms with Crippen LogP contribution in [0.25, 0.3) is 0 Å². The third kappa shape index (κ3) is 1.60. The highest BCUT2D eigenvalue weighted by atomic mass is 32.1. The number of hydrogen-bond acceptors (Lipinski definition) is 4. The highest BCUT2D eigenvalue weighted by Gasteiger charge is 2.11. The monoisotopic (exact) mass is 194 g/mol. The third-order valence-electron chi connectivity index (χ3n) is 1.87. The molecular formula is C8H10N4S. The van der Waals surface area contributed by atoms with E-state index < -0.39 is 0 Å². The molecule has 0 spiro atoms. The van der Waals surface area contributed by atoms with E-state index in [1.807, 2.05) is 23.9 Å². The lowest BCUT2D eigenvalue weighted by atomic mass is 10.4. The summed E-state index contributed by atoms with van der Waals surface area (Å²) in [6.45, 7) is 4.04. The summed E-state index contributed by atoms with van der Waals surface area (Å²) in [7, 11) is 0. The van der Waals surface area contributed by atoms with Crippen LogP contribution in [-0.4, -0.2) is 20.0 Å². The standard InChI is InChI=1S/C8H10N4S/c1-6-3-4-12(11-6)7(2)8-10-9-5-13-8/h3-5,7H,1-2H3. The van der Waals surface area contributed by atoms with Gasteiger partial charge in [-0.05, 0) is 19.9 Å². The zero-order chi connectivity index (χ0) is 9.26. The number of aryl methyl sites for hydroxylation is 1. The molecule has 0 radical (unpaired) electrons. The van der Waals surface area contributed by atoms with E-state index in [1.54, 1.807) is 16.8 Å². The summed E-state index contributed by atoms with van der Waals surface area (Å²) in [5.74, 6) is 0. The lowest BCUT2D eigenvalue weighted by molar-refractivity contribution is 0.554. The number of nitrogens with zero attached hydrogens (tertiary/aromatic N) is 4. The van der Waals surface area contributed by atoms with Gasteiger partial charge in [-0.1, -0.05) is 0 Å². The second kappa shape index (κ2) is 3.26. The summed E-state index contributed by atoms with van der Waals surface area (Å²) in [6, 6.07) is 2.17. The van der Waals surface area contributed by atoms with E-state index in [1.165, 1.54) is 0 Å². The van der Waals surface area contributed by atoms with Crippen LogP contribution in [0.3, 0.4) is 0 Å². The molecule has 0 aliphatic carbocycles. The van der Waals surface area contributed by atoms with E-state index in [2.05, 4.69) is 22.2 Å². The lowest BCUT2D eigenvalue weighted by Gasteiger charge is -2.06. The molecule has 5 heteroatoms. The topological polar surface area (TPSA) is 43.6 Å². The molecule has 0 bridgehead atoms. The van der Waals surface area contributed by atoms with Crippen molar-refractivity contribution < 1.29 is 0 Å². The van der Waals surface area contributed by atoms with E-state index in [0.29, 0.717) is 0 Å². The molecule has 0 amide bonds. The third-order valence-corrected chi connectivity index (χ3v) is 2.74. The van der Waals surface area contributed by atoms with Gasteiger partial charge < -0.3 is 0 Å². The Morgan fingerprint density at radius 1 is 1.54 bits per heavy atom. The fraction of sp³-hybridized carbons (Fsp3) is 0.375. The minimum atomic E-state index is 0.182. The SMILES string of the molecule is Cc1ccn(C(C)c2nncs2)n1. The van der Waals surface area contributed by atoms with Crippen molar-refractivity contribution in [3.8, 4) is 0 Å². The molecule has 68 valence electrons. The fourth-order valence-electron chi connectivity index (χ4n) is 1.13. The first kappa shape index (κ1) is 8.37.